The Balaban J connectivity index is 1.32. The molecule has 2 heterocycles. The van der Waals surface area contributed by atoms with Gasteiger partial charge in [0.2, 0.25) is 6.79 Å². The van der Waals surface area contributed by atoms with Crippen molar-refractivity contribution < 1.29 is 23.4 Å². The average molecular weight is 394 g/mol. The second kappa shape index (κ2) is 8.18. The van der Waals surface area contributed by atoms with Gasteiger partial charge in [-0.25, -0.2) is 4.79 Å². The first-order valence-electron chi connectivity index (χ1n) is 9.32. The molecule has 1 unspecified atom stereocenters. The van der Waals surface area contributed by atoms with Crippen LogP contribution in [0.25, 0.3) is 0 Å². The van der Waals surface area contributed by atoms with E-state index in [1.807, 2.05) is 62.4 Å². The minimum absolute atomic E-state index is 0.229. The maximum atomic E-state index is 12.3. The lowest BCUT2D eigenvalue weighted by Gasteiger charge is -2.13. The number of nitrogens with one attached hydrogen (secondary N) is 2. The molecule has 0 fully saturated rings. The molecule has 150 valence electrons. The van der Waals surface area contributed by atoms with Crippen molar-refractivity contribution >= 4 is 11.7 Å². The van der Waals surface area contributed by atoms with Crippen LogP contribution in [0.3, 0.4) is 0 Å². The summed E-state index contributed by atoms with van der Waals surface area (Å²) < 4.78 is 22.0. The molecule has 0 saturated heterocycles. The second-order valence-corrected chi connectivity index (χ2v) is 6.77. The molecule has 1 atom stereocenters. The summed E-state index contributed by atoms with van der Waals surface area (Å²) in [5.74, 6) is 3.60. The fourth-order valence-corrected chi connectivity index (χ4v) is 2.99. The van der Waals surface area contributed by atoms with Crippen molar-refractivity contribution in [2.45, 2.75) is 26.5 Å². The number of amides is 2. The predicted molar refractivity (Wildman–Crippen MR) is 107 cm³/mol. The molecule has 0 radical (unpaired) electrons. The molecule has 0 saturated carbocycles. The number of carbonyl (C=O) groups is 1. The van der Waals surface area contributed by atoms with Gasteiger partial charge in [-0.3, -0.25) is 0 Å². The normalized spacial score (nSPS) is 13.0. The van der Waals surface area contributed by atoms with Crippen molar-refractivity contribution in [2.24, 2.45) is 0 Å². The van der Waals surface area contributed by atoms with E-state index in [9.17, 15) is 4.79 Å². The van der Waals surface area contributed by atoms with E-state index in [0.29, 0.717) is 35.3 Å². The van der Waals surface area contributed by atoms with Crippen LogP contribution in [0.4, 0.5) is 10.5 Å². The van der Waals surface area contributed by atoms with Gasteiger partial charge in [0.05, 0.1) is 6.04 Å². The standard InChI is InChI=1S/C22H22N2O5/c1-14-6-8-19(29-14)15(2)23-22(25)24-17-5-3-4-16(10-17)12-26-18-7-9-20-21(11-18)28-13-27-20/h3-11,15H,12-13H2,1-2H3,(H2,23,24,25). The van der Waals surface area contributed by atoms with Crippen molar-refractivity contribution in [3.63, 3.8) is 0 Å². The Bertz CT molecular complexity index is 1010. The summed E-state index contributed by atoms with van der Waals surface area (Å²) in [5, 5.41) is 5.70. The van der Waals surface area contributed by atoms with E-state index in [1.54, 1.807) is 6.07 Å². The van der Waals surface area contributed by atoms with Crippen molar-refractivity contribution in [3.05, 3.63) is 71.7 Å². The van der Waals surface area contributed by atoms with Gasteiger partial charge >= 0.3 is 6.03 Å². The molecule has 1 aliphatic heterocycles. The minimum atomic E-state index is -0.305. The number of fused-ring (bicyclic) bond motifs is 1. The molecule has 1 aromatic heterocycles. The number of hydrogen-bond acceptors (Lipinski definition) is 5. The Morgan fingerprint density at radius 1 is 1.10 bits per heavy atom. The summed E-state index contributed by atoms with van der Waals surface area (Å²) in [5.41, 5.74) is 1.60. The lowest BCUT2D eigenvalue weighted by Crippen LogP contribution is -2.31. The van der Waals surface area contributed by atoms with Crippen LogP contribution in [0.1, 0.15) is 30.0 Å². The zero-order valence-corrected chi connectivity index (χ0v) is 16.2. The molecule has 0 bridgehead atoms. The van der Waals surface area contributed by atoms with Gasteiger partial charge in [-0.2, -0.15) is 0 Å². The maximum absolute atomic E-state index is 12.3. The van der Waals surface area contributed by atoms with E-state index in [0.717, 1.165) is 11.3 Å². The van der Waals surface area contributed by atoms with Crippen molar-refractivity contribution in [3.8, 4) is 17.2 Å². The van der Waals surface area contributed by atoms with Gasteiger partial charge < -0.3 is 29.3 Å². The first kappa shape index (κ1) is 18.7. The maximum Gasteiger partial charge on any atom is 0.319 e. The number of anilines is 1. The molecule has 2 amide bonds. The van der Waals surface area contributed by atoms with Crippen molar-refractivity contribution in [2.75, 3.05) is 12.1 Å². The minimum Gasteiger partial charge on any atom is -0.489 e. The van der Waals surface area contributed by atoms with Gasteiger partial charge in [-0.05, 0) is 55.8 Å². The van der Waals surface area contributed by atoms with E-state index in [1.165, 1.54) is 0 Å². The van der Waals surface area contributed by atoms with E-state index < -0.39 is 0 Å². The van der Waals surface area contributed by atoms with Crippen LogP contribution in [0.5, 0.6) is 17.2 Å². The number of aryl methyl sites for hydroxylation is 1. The topological polar surface area (TPSA) is 82.0 Å². The van der Waals surface area contributed by atoms with Crippen LogP contribution in [0.15, 0.2) is 59.0 Å². The largest absolute Gasteiger partial charge is 0.489 e. The number of ether oxygens (including phenoxy) is 3. The predicted octanol–water partition coefficient (Wildman–Crippen LogP) is 4.78. The van der Waals surface area contributed by atoms with Gasteiger partial charge in [0, 0.05) is 11.8 Å². The van der Waals surface area contributed by atoms with Gasteiger partial charge in [-0.1, -0.05) is 12.1 Å². The van der Waals surface area contributed by atoms with Gasteiger partial charge in [0.15, 0.2) is 11.5 Å². The van der Waals surface area contributed by atoms with Crippen molar-refractivity contribution in [1.82, 2.24) is 5.32 Å². The summed E-state index contributed by atoms with van der Waals surface area (Å²) in [6, 6.07) is 16.1. The van der Waals surface area contributed by atoms with Gasteiger partial charge in [0.1, 0.15) is 23.9 Å². The number of hydrogen-bond donors (Lipinski definition) is 2. The average Bonchev–Trinajstić information content (AvgIpc) is 3.35. The third kappa shape index (κ3) is 4.63. The number of rotatable bonds is 6. The highest BCUT2D eigenvalue weighted by atomic mass is 16.7. The van der Waals surface area contributed by atoms with Crippen LogP contribution < -0.4 is 24.8 Å². The highest BCUT2D eigenvalue weighted by Crippen LogP contribution is 2.35. The molecule has 0 spiro atoms. The lowest BCUT2D eigenvalue weighted by molar-refractivity contribution is 0.173. The van der Waals surface area contributed by atoms with E-state index in [-0.39, 0.29) is 18.9 Å². The second-order valence-electron chi connectivity index (χ2n) is 6.77. The number of furan rings is 1. The van der Waals surface area contributed by atoms with Gasteiger partial charge in [0.25, 0.3) is 0 Å². The fourth-order valence-electron chi connectivity index (χ4n) is 2.99. The number of benzene rings is 2. The van der Waals surface area contributed by atoms with Crippen LogP contribution >= 0.6 is 0 Å². The number of carbonyl (C=O) groups excluding carboxylic acids is 1. The van der Waals surface area contributed by atoms with E-state index >= 15 is 0 Å². The smallest absolute Gasteiger partial charge is 0.319 e. The first-order valence-corrected chi connectivity index (χ1v) is 9.32. The van der Waals surface area contributed by atoms with Crippen LogP contribution in [0, 0.1) is 6.92 Å². The van der Waals surface area contributed by atoms with E-state index in [2.05, 4.69) is 10.6 Å². The Labute approximate surface area is 168 Å². The summed E-state index contributed by atoms with van der Waals surface area (Å²) in [4.78, 5) is 12.3. The molecule has 29 heavy (non-hydrogen) atoms. The molecule has 7 nitrogen and oxygen atoms in total. The lowest BCUT2D eigenvalue weighted by atomic mass is 10.2. The molecule has 2 N–H and O–H groups in total. The van der Waals surface area contributed by atoms with Gasteiger partial charge in [-0.15, -0.1) is 0 Å². The highest BCUT2D eigenvalue weighted by Gasteiger charge is 2.14. The fraction of sp³-hybridized carbons (Fsp3) is 0.227. The van der Waals surface area contributed by atoms with E-state index in [4.69, 9.17) is 18.6 Å². The zero-order valence-electron chi connectivity index (χ0n) is 16.2. The summed E-state index contributed by atoms with van der Waals surface area (Å²) in [6.07, 6.45) is 0. The molecule has 0 aliphatic carbocycles. The summed E-state index contributed by atoms with van der Waals surface area (Å²) in [7, 11) is 0. The third-order valence-corrected chi connectivity index (χ3v) is 4.47. The summed E-state index contributed by atoms with van der Waals surface area (Å²) >= 11 is 0. The monoisotopic (exact) mass is 394 g/mol. The first-order chi connectivity index (χ1) is 14.1. The molecule has 2 aromatic carbocycles. The Morgan fingerprint density at radius 2 is 1.97 bits per heavy atom. The highest BCUT2D eigenvalue weighted by molar-refractivity contribution is 5.89. The SMILES string of the molecule is Cc1ccc(C(C)NC(=O)Nc2cccc(COc3ccc4c(c3)OCO4)c2)o1. The molecule has 1 aliphatic rings. The van der Waals surface area contributed by atoms with Crippen LogP contribution in [-0.4, -0.2) is 12.8 Å². The quantitative estimate of drug-likeness (QED) is 0.629. The molecule has 3 aromatic rings. The Morgan fingerprint density at radius 3 is 2.79 bits per heavy atom. The Kier molecular flexibility index (Phi) is 5.29. The molecular weight excluding hydrogens is 372 g/mol. The zero-order chi connectivity index (χ0) is 20.2. The van der Waals surface area contributed by atoms with Crippen LogP contribution in [0.2, 0.25) is 0 Å². The third-order valence-electron chi connectivity index (χ3n) is 4.47. The summed E-state index contributed by atoms with van der Waals surface area (Å²) in [6.45, 7) is 4.33. The number of urea groups is 1. The van der Waals surface area contributed by atoms with Crippen LogP contribution in [-0.2, 0) is 6.61 Å². The Hall–Kier alpha value is -3.61. The molecular formula is C22H22N2O5. The van der Waals surface area contributed by atoms with Crippen molar-refractivity contribution in [1.29, 1.82) is 0 Å². The molecule has 7 heteroatoms. The molecule has 4 rings (SSSR count).